The molecular formula is C16H25N3O. The highest BCUT2D eigenvalue weighted by molar-refractivity contribution is 5.73. The maximum atomic E-state index is 11.7. The van der Waals surface area contributed by atoms with E-state index in [4.69, 9.17) is 0 Å². The van der Waals surface area contributed by atoms with Crippen LogP contribution in [0.1, 0.15) is 18.4 Å². The lowest BCUT2D eigenvalue weighted by molar-refractivity contribution is 0.202. The van der Waals surface area contributed by atoms with Crippen molar-refractivity contribution in [2.45, 2.75) is 25.3 Å². The molecule has 2 rings (SSSR count). The van der Waals surface area contributed by atoms with Crippen molar-refractivity contribution in [2.24, 2.45) is 0 Å². The zero-order valence-electron chi connectivity index (χ0n) is 12.5. The highest BCUT2D eigenvalue weighted by Crippen LogP contribution is 2.15. The van der Waals surface area contributed by atoms with Crippen LogP contribution in [0.2, 0.25) is 0 Å². The van der Waals surface area contributed by atoms with Crippen LogP contribution in [-0.2, 0) is 6.42 Å². The molecule has 1 aliphatic heterocycles. The quantitative estimate of drug-likeness (QED) is 0.891. The first kappa shape index (κ1) is 14.9. The molecule has 0 bridgehead atoms. The topological polar surface area (TPSA) is 35.6 Å². The van der Waals surface area contributed by atoms with Crippen LogP contribution in [0, 0.1) is 0 Å². The second-order valence-electron chi connectivity index (χ2n) is 5.67. The van der Waals surface area contributed by atoms with E-state index in [1.165, 1.54) is 18.4 Å². The standard InChI is InChI=1S/C16H25N3O/c1-18(2)16(20)17-13-15(19-10-6-7-11-19)12-14-8-4-3-5-9-14/h3-5,8-9,15H,6-7,10-13H2,1-2H3,(H,17,20). The first-order valence-corrected chi connectivity index (χ1v) is 7.40. The van der Waals surface area contributed by atoms with Gasteiger partial charge in [-0.3, -0.25) is 4.90 Å². The Labute approximate surface area is 121 Å². The molecule has 1 heterocycles. The van der Waals surface area contributed by atoms with Crippen LogP contribution in [0.3, 0.4) is 0 Å². The molecule has 0 spiro atoms. The fraction of sp³-hybridized carbons (Fsp3) is 0.562. The average molecular weight is 275 g/mol. The highest BCUT2D eigenvalue weighted by Gasteiger charge is 2.22. The number of carbonyl (C=O) groups is 1. The van der Waals surface area contributed by atoms with E-state index < -0.39 is 0 Å². The molecule has 1 aromatic rings. The van der Waals surface area contributed by atoms with Gasteiger partial charge in [-0.15, -0.1) is 0 Å². The van der Waals surface area contributed by atoms with Gasteiger partial charge in [-0.25, -0.2) is 4.79 Å². The molecule has 1 atom stereocenters. The molecule has 2 amide bonds. The Morgan fingerprint density at radius 2 is 1.90 bits per heavy atom. The van der Waals surface area contributed by atoms with Gasteiger partial charge in [-0.1, -0.05) is 30.3 Å². The van der Waals surface area contributed by atoms with Crippen LogP contribution in [0.15, 0.2) is 30.3 Å². The SMILES string of the molecule is CN(C)C(=O)NCC(Cc1ccccc1)N1CCCC1. The number of rotatable bonds is 5. The van der Waals surface area contributed by atoms with Crippen LogP contribution in [0.4, 0.5) is 4.79 Å². The monoisotopic (exact) mass is 275 g/mol. The van der Waals surface area contributed by atoms with Crippen molar-refractivity contribution in [1.82, 2.24) is 15.1 Å². The Morgan fingerprint density at radius 3 is 2.50 bits per heavy atom. The Balaban J connectivity index is 1.95. The van der Waals surface area contributed by atoms with Gasteiger partial charge in [0.1, 0.15) is 0 Å². The third-order valence-electron chi connectivity index (χ3n) is 3.87. The predicted molar refractivity (Wildman–Crippen MR) is 81.8 cm³/mol. The number of carbonyl (C=O) groups excluding carboxylic acids is 1. The summed E-state index contributed by atoms with van der Waals surface area (Å²) in [6.07, 6.45) is 3.54. The van der Waals surface area contributed by atoms with Gasteiger partial charge in [0.2, 0.25) is 0 Å². The minimum absolute atomic E-state index is 0.0118. The first-order chi connectivity index (χ1) is 9.66. The number of urea groups is 1. The van der Waals surface area contributed by atoms with Crippen molar-refractivity contribution in [3.63, 3.8) is 0 Å². The number of likely N-dealkylation sites (tertiary alicyclic amines) is 1. The molecular weight excluding hydrogens is 250 g/mol. The highest BCUT2D eigenvalue weighted by atomic mass is 16.2. The zero-order valence-corrected chi connectivity index (χ0v) is 12.5. The number of nitrogens with one attached hydrogen (secondary N) is 1. The summed E-state index contributed by atoms with van der Waals surface area (Å²) in [4.78, 5) is 15.8. The van der Waals surface area contributed by atoms with Gasteiger partial charge >= 0.3 is 6.03 Å². The maximum Gasteiger partial charge on any atom is 0.316 e. The Kier molecular flexibility index (Phi) is 5.41. The van der Waals surface area contributed by atoms with Crippen LogP contribution in [-0.4, -0.2) is 55.6 Å². The van der Waals surface area contributed by atoms with Crippen molar-refractivity contribution >= 4 is 6.03 Å². The summed E-state index contributed by atoms with van der Waals surface area (Å²) < 4.78 is 0. The third-order valence-corrected chi connectivity index (χ3v) is 3.87. The summed E-state index contributed by atoms with van der Waals surface area (Å²) in [7, 11) is 3.55. The molecule has 4 heteroatoms. The summed E-state index contributed by atoms with van der Waals surface area (Å²) in [5.41, 5.74) is 1.34. The van der Waals surface area contributed by atoms with E-state index in [2.05, 4.69) is 34.5 Å². The smallest absolute Gasteiger partial charge is 0.316 e. The van der Waals surface area contributed by atoms with Crippen molar-refractivity contribution in [1.29, 1.82) is 0 Å². The van der Waals surface area contributed by atoms with E-state index in [0.717, 1.165) is 19.5 Å². The molecule has 20 heavy (non-hydrogen) atoms. The van der Waals surface area contributed by atoms with Crippen LogP contribution in [0.25, 0.3) is 0 Å². The molecule has 1 saturated heterocycles. The molecule has 110 valence electrons. The van der Waals surface area contributed by atoms with Crippen molar-refractivity contribution in [3.05, 3.63) is 35.9 Å². The molecule has 1 aliphatic rings. The van der Waals surface area contributed by atoms with E-state index in [1.807, 2.05) is 6.07 Å². The molecule has 1 aromatic carbocycles. The number of amides is 2. The van der Waals surface area contributed by atoms with Gasteiger partial charge in [0.25, 0.3) is 0 Å². The van der Waals surface area contributed by atoms with Gasteiger partial charge in [-0.2, -0.15) is 0 Å². The number of hydrogen-bond donors (Lipinski definition) is 1. The Bertz CT molecular complexity index is 413. The van der Waals surface area contributed by atoms with Gasteiger partial charge in [0.15, 0.2) is 0 Å². The minimum atomic E-state index is -0.0118. The maximum absolute atomic E-state index is 11.7. The van der Waals surface area contributed by atoms with Crippen molar-refractivity contribution in [3.8, 4) is 0 Å². The van der Waals surface area contributed by atoms with Crippen LogP contribution in [0.5, 0.6) is 0 Å². The van der Waals surface area contributed by atoms with Crippen LogP contribution < -0.4 is 5.32 Å². The summed E-state index contributed by atoms with van der Waals surface area (Å²) in [6, 6.07) is 10.9. The molecule has 4 nitrogen and oxygen atoms in total. The number of benzene rings is 1. The zero-order chi connectivity index (χ0) is 14.4. The first-order valence-electron chi connectivity index (χ1n) is 7.40. The predicted octanol–water partition coefficient (Wildman–Crippen LogP) is 1.96. The molecule has 1 unspecified atom stereocenters. The second-order valence-corrected chi connectivity index (χ2v) is 5.67. The second kappa shape index (κ2) is 7.29. The van der Waals surface area contributed by atoms with Gasteiger partial charge in [0, 0.05) is 26.7 Å². The summed E-state index contributed by atoms with van der Waals surface area (Å²) in [5, 5.41) is 3.02. The molecule has 0 aliphatic carbocycles. The molecule has 0 aromatic heterocycles. The van der Waals surface area contributed by atoms with E-state index in [0.29, 0.717) is 12.6 Å². The van der Waals surface area contributed by atoms with E-state index in [-0.39, 0.29) is 6.03 Å². The third kappa shape index (κ3) is 4.23. The number of nitrogens with zero attached hydrogens (tertiary/aromatic N) is 2. The summed E-state index contributed by atoms with van der Waals surface area (Å²) >= 11 is 0. The fourth-order valence-corrected chi connectivity index (χ4v) is 2.69. The van der Waals surface area contributed by atoms with Gasteiger partial charge in [0.05, 0.1) is 0 Å². The molecule has 0 saturated carbocycles. The van der Waals surface area contributed by atoms with Crippen molar-refractivity contribution < 1.29 is 4.79 Å². The van der Waals surface area contributed by atoms with E-state index >= 15 is 0 Å². The van der Waals surface area contributed by atoms with Crippen LogP contribution >= 0.6 is 0 Å². The summed E-state index contributed by atoms with van der Waals surface area (Å²) in [5.74, 6) is 0. The minimum Gasteiger partial charge on any atom is -0.336 e. The van der Waals surface area contributed by atoms with Gasteiger partial charge in [-0.05, 0) is 37.9 Å². The van der Waals surface area contributed by atoms with Gasteiger partial charge < -0.3 is 10.2 Å². The molecule has 0 radical (unpaired) electrons. The molecule has 1 fully saturated rings. The lowest BCUT2D eigenvalue weighted by atomic mass is 10.0. The number of hydrogen-bond acceptors (Lipinski definition) is 2. The Morgan fingerprint density at radius 1 is 1.25 bits per heavy atom. The van der Waals surface area contributed by atoms with E-state index in [1.54, 1.807) is 19.0 Å². The Hall–Kier alpha value is -1.55. The molecule has 1 N–H and O–H groups in total. The normalized spacial score (nSPS) is 16.9. The average Bonchev–Trinajstić information content (AvgIpc) is 2.98. The lowest BCUT2D eigenvalue weighted by Crippen LogP contribution is -2.46. The fourth-order valence-electron chi connectivity index (χ4n) is 2.69. The van der Waals surface area contributed by atoms with E-state index in [9.17, 15) is 4.79 Å². The lowest BCUT2D eigenvalue weighted by Gasteiger charge is -2.28. The summed E-state index contributed by atoms with van der Waals surface area (Å²) in [6.45, 7) is 3.01. The largest absolute Gasteiger partial charge is 0.336 e. The van der Waals surface area contributed by atoms with Crippen molar-refractivity contribution in [2.75, 3.05) is 33.7 Å².